The molecule has 10 nitrogen and oxygen atoms in total. The number of hydrogen-bond acceptors (Lipinski definition) is 10. The van der Waals surface area contributed by atoms with Crippen LogP contribution in [-0.2, 0) is 19.2 Å². The van der Waals surface area contributed by atoms with Gasteiger partial charge in [-0.3, -0.25) is 0 Å². The highest BCUT2D eigenvalue weighted by atomic mass is 16.6. The third-order valence-corrected chi connectivity index (χ3v) is 7.14. The zero-order valence-corrected chi connectivity index (χ0v) is 31.4. The van der Waals surface area contributed by atoms with Crippen LogP contribution in [0.15, 0.2) is 121 Å². The Kier molecular flexibility index (Phi) is 15.3. The van der Waals surface area contributed by atoms with E-state index in [1.807, 2.05) is 38.2 Å². The molecule has 54 heavy (non-hydrogen) atoms. The van der Waals surface area contributed by atoms with E-state index >= 15 is 0 Å². The van der Waals surface area contributed by atoms with E-state index in [0.29, 0.717) is 33.8 Å². The molecule has 0 atom stereocenters. The van der Waals surface area contributed by atoms with Crippen LogP contribution in [0.5, 0.6) is 34.5 Å². The van der Waals surface area contributed by atoms with Gasteiger partial charge in [-0.25, -0.2) is 19.2 Å². The molecule has 0 heterocycles. The minimum Gasteiger partial charge on any atom is -0.489 e. The normalized spacial score (nSPS) is 10.9. The van der Waals surface area contributed by atoms with Gasteiger partial charge in [0.1, 0.15) is 24.7 Å². The van der Waals surface area contributed by atoms with Gasteiger partial charge in [-0.15, -0.1) is 0 Å². The fraction of sp³-hybridized carbons (Fsp3) is 0.182. The van der Waals surface area contributed by atoms with Gasteiger partial charge in [0.25, 0.3) is 0 Å². The topological polar surface area (TPSA) is 124 Å². The Morgan fingerprint density at radius 2 is 0.963 bits per heavy atom. The Morgan fingerprint density at radius 3 is 1.44 bits per heavy atom. The molecule has 0 spiro atoms. The van der Waals surface area contributed by atoms with Crippen LogP contribution in [-0.4, -0.2) is 37.1 Å². The van der Waals surface area contributed by atoms with Crippen molar-refractivity contribution in [1.29, 1.82) is 0 Å². The van der Waals surface area contributed by atoms with Gasteiger partial charge in [0.15, 0.2) is 23.0 Å². The molecule has 0 radical (unpaired) electrons. The molecule has 3 rings (SSSR count). The molecule has 0 bridgehead atoms. The number of allylic oxidation sites excluding steroid dienone is 2. The van der Waals surface area contributed by atoms with Crippen molar-refractivity contribution in [1.82, 2.24) is 0 Å². The molecule has 0 N–H and O–H groups in total. The van der Waals surface area contributed by atoms with Gasteiger partial charge in [0.05, 0.1) is 0 Å². The van der Waals surface area contributed by atoms with E-state index in [0.717, 1.165) is 0 Å². The zero-order valence-electron chi connectivity index (χ0n) is 31.4. The van der Waals surface area contributed by atoms with E-state index in [1.54, 1.807) is 48.6 Å². The van der Waals surface area contributed by atoms with Crippen molar-refractivity contribution in [3.05, 3.63) is 133 Å². The van der Waals surface area contributed by atoms with E-state index in [2.05, 4.69) is 26.3 Å². The third kappa shape index (κ3) is 11.9. The van der Waals surface area contributed by atoms with E-state index in [4.69, 9.17) is 28.4 Å². The Morgan fingerprint density at radius 1 is 0.519 bits per heavy atom. The third-order valence-electron chi connectivity index (χ3n) is 7.14. The molecule has 10 heteroatoms. The van der Waals surface area contributed by atoms with Gasteiger partial charge >= 0.3 is 23.9 Å². The zero-order chi connectivity index (χ0) is 39.9. The molecule has 0 aromatic heterocycles. The molecular formula is C44H44O10. The van der Waals surface area contributed by atoms with Crippen LogP contribution < -0.4 is 28.4 Å². The minimum atomic E-state index is -0.709. The van der Waals surface area contributed by atoms with Crippen molar-refractivity contribution >= 4 is 36.0 Å². The van der Waals surface area contributed by atoms with E-state index in [9.17, 15) is 19.2 Å². The van der Waals surface area contributed by atoms with Crippen molar-refractivity contribution < 1.29 is 47.6 Å². The molecule has 280 valence electrons. The summed E-state index contributed by atoms with van der Waals surface area (Å²) < 4.78 is 34.3. The minimum absolute atomic E-state index is 0.00977. The molecule has 3 aromatic carbocycles. The maximum atomic E-state index is 12.6. The predicted molar refractivity (Wildman–Crippen MR) is 210 cm³/mol. The van der Waals surface area contributed by atoms with Crippen molar-refractivity contribution in [3.8, 4) is 45.6 Å². The van der Waals surface area contributed by atoms with Gasteiger partial charge in [0, 0.05) is 33.4 Å². The molecule has 0 saturated carbocycles. The maximum absolute atomic E-state index is 12.6. The number of esters is 4. The van der Waals surface area contributed by atoms with Crippen molar-refractivity contribution in [2.45, 2.75) is 41.5 Å². The molecular weight excluding hydrogens is 688 g/mol. The van der Waals surface area contributed by atoms with Crippen LogP contribution in [0.25, 0.3) is 23.3 Å². The van der Waals surface area contributed by atoms with Gasteiger partial charge in [-0.2, -0.15) is 0 Å². The highest BCUT2D eigenvalue weighted by Crippen LogP contribution is 2.41. The molecule has 3 aromatic rings. The summed E-state index contributed by atoms with van der Waals surface area (Å²) in [6.45, 7) is 24.7. The van der Waals surface area contributed by atoms with Gasteiger partial charge in [-0.05, 0) is 89.1 Å². The standard InChI is InChI=1S/C44H44O10/c1-11-13-21-49-37-26-34(32-18-20-36(52-42(46)28(5)6)40(24-32)54-44(48)30(9)10)38(50-22-14-12-2)25-33(37)17-15-31-16-19-35(51-41(45)27(3)4)39(23-31)53-43(47)29(7)8/h11-20,23-26H,3,5,7,9,21-22H2,1-2,4,6,8,10H3/b13-11+,14-12+,17-15+. The SMILES string of the molecule is C=C(C)C(=O)Oc1ccc(/C=C/c2cc(OC/C=C/C)c(-c3ccc(OC(=O)C(=C)C)c(OC(=O)C(=C)C)c3)cc2OC/C=C/C)cc1OC(=O)C(=C)C. The lowest BCUT2D eigenvalue weighted by Crippen LogP contribution is -2.13. The summed E-state index contributed by atoms with van der Waals surface area (Å²) in [6.07, 6.45) is 10.9. The fourth-order valence-corrected chi connectivity index (χ4v) is 4.21. The summed E-state index contributed by atoms with van der Waals surface area (Å²) in [5.41, 5.74) is 2.99. The molecule has 0 unspecified atom stereocenters. The van der Waals surface area contributed by atoms with Gasteiger partial charge in [-0.1, -0.05) is 74.9 Å². The van der Waals surface area contributed by atoms with Crippen LogP contribution >= 0.6 is 0 Å². The quantitative estimate of drug-likeness (QED) is 0.0436. The smallest absolute Gasteiger partial charge is 0.338 e. The molecule has 0 aliphatic rings. The van der Waals surface area contributed by atoms with Crippen LogP contribution in [0.3, 0.4) is 0 Å². The van der Waals surface area contributed by atoms with E-state index < -0.39 is 23.9 Å². The average Bonchev–Trinajstić information content (AvgIpc) is 3.12. The number of ether oxygens (including phenoxy) is 6. The van der Waals surface area contributed by atoms with E-state index in [-0.39, 0.29) is 58.5 Å². The lowest BCUT2D eigenvalue weighted by molar-refractivity contribution is -0.132. The van der Waals surface area contributed by atoms with Crippen molar-refractivity contribution in [3.63, 3.8) is 0 Å². The number of hydrogen-bond donors (Lipinski definition) is 0. The number of rotatable bonds is 17. The monoisotopic (exact) mass is 732 g/mol. The first-order chi connectivity index (χ1) is 25.6. The van der Waals surface area contributed by atoms with Gasteiger partial charge in [0.2, 0.25) is 0 Å². The molecule has 0 amide bonds. The van der Waals surface area contributed by atoms with Crippen molar-refractivity contribution in [2.24, 2.45) is 0 Å². The molecule has 0 aliphatic carbocycles. The summed E-state index contributed by atoms with van der Waals surface area (Å²) in [4.78, 5) is 49.7. The van der Waals surface area contributed by atoms with Crippen LogP contribution in [0, 0.1) is 0 Å². The first-order valence-corrected chi connectivity index (χ1v) is 16.8. The maximum Gasteiger partial charge on any atom is 0.338 e. The Balaban J connectivity index is 2.21. The highest BCUT2D eigenvalue weighted by Gasteiger charge is 2.20. The average molecular weight is 733 g/mol. The molecule has 0 fully saturated rings. The highest BCUT2D eigenvalue weighted by molar-refractivity contribution is 5.93. The van der Waals surface area contributed by atoms with Gasteiger partial charge < -0.3 is 28.4 Å². The summed E-state index contributed by atoms with van der Waals surface area (Å²) >= 11 is 0. The molecule has 0 saturated heterocycles. The first-order valence-electron chi connectivity index (χ1n) is 16.8. The largest absolute Gasteiger partial charge is 0.489 e. The number of benzene rings is 3. The van der Waals surface area contributed by atoms with E-state index in [1.165, 1.54) is 39.8 Å². The predicted octanol–water partition coefficient (Wildman–Crippen LogP) is 9.36. The lowest BCUT2D eigenvalue weighted by atomic mass is 10.00. The Labute approximate surface area is 316 Å². The Bertz CT molecular complexity index is 2080. The fourth-order valence-electron chi connectivity index (χ4n) is 4.21. The first kappa shape index (κ1) is 41.7. The Hall–Kier alpha value is -6.68. The second-order valence-electron chi connectivity index (χ2n) is 12.0. The summed E-state index contributed by atoms with van der Waals surface area (Å²) in [6, 6.07) is 13.1. The summed E-state index contributed by atoms with van der Waals surface area (Å²) in [5, 5.41) is 0. The second kappa shape index (κ2) is 19.8. The summed E-state index contributed by atoms with van der Waals surface area (Å²) in [5.74, 6) is -1.82. The van der Waals surface area contributed by atoms with Crippen molar-refractivity contribution in [2.75, 3.05) is 13.2 Å². The van der Waals surface area contributed by atoms with Crippen LogP contribution in [0.4, 0.5) is 0 Å². The van der Waals surface area contributed by atoms with Crippen LogP contribution in [0.2, 0.25) is 0 Å². The van der Waals surface area contributed by atoms with Crippen LogP contribution in [0.1, 0.15) is 52.7 Å². The summed E-state index contributed by atoms with van der Waals surface area (Å²) in [7, 11) is 0. The number of carbonyl (C=O) groups excluding carboxylic acids is 4. The number of carbonyl (C=O) groups is 4. The second-order valence-corrected chi connectivity index (χ2v) is 12.0. The molecule has 0 aliphatic heterocycles. The lowest BCUT2D eigenvalue weighted by Gasteiger charge is -2.17.